The molecule has 1 aromatic carbocycles. The Morgan fingerprint density at radius 3 is 2.62 bits per heavy atom. The van der Waals surface area contributed by atoms with E-state index in [1.165, 1.54) is 5.56 Å². The van der Waals surface area contributed by atoms with E-state index in [4.69, 9.17) is 4.74 Å². The third kappa shape index (κ3) is 1.78. The number of carbonyl (C=O) groups is 1. The summed E-state index contributed by atoms with van der Waals surface area (Å²) in [6.45, 7) is 0.683. The van der Waals surface area contributed by atoms with Crippen LogP contribution < -0.4 is 0 Å². The maximum atomic E-state index is 11.4. The zero-order valence-electron chi connectivity index (χ0n) is 9.26. The molecule has 2 saturated carbocycles. The summed E-state index contributed by atoms with van der Waals surface area (Å²) in [4.78, 5) is 11.4. The van der Waals surface area contributed by atoms with Crippen LogP contribution in [0.4, 0.5) is 0 Å². The monoisotopic (exact) mass is 216 g/mol. The zero-order valence-corrected chi connectivity index (χ0v) is 9.26. The Kier molecular flexibility index (Phi) is 2.52. The molecule has 3 atom stereocenters. The number of benzene rings is 1. The van der Waals surface area contributed by atoms with Crippen molar-refractivity contribution in [1.82, 2.24) is 0 Å². The maximum absolute atomic E-state index is 11.4. The molecule has 84 valence electrons. The molecule has 0 amide bonds. The topological polar surface area (TPSA) is 26.3 Å². The van der Waals surface area contributed by atoms with Crippen LogP contribution in [0.25, 0.3) is 0 Å². The fraction of sp³-hybridized carbons (Fsp3) is 0.500. The van der Waals surface area contributed by atoms with E-state index in [0.717, 1.165) is 19.3 Å². The van der Waals surface area contributed by atoms with Gasteiger partial charge in [0, 0.05) is 12.3 Å². The molecule has 0 heterocycles. The first kappa shape index (κ1) is 10.0. The molecule has 2 fully saturated rings. The minimum absolute atomic E-state index is 0.311. The maximum Gasteiger partial charge on any atom is 0.136 e. The van der Waals surface area contributed by atoms with Gasteiger partial charge in [-0.15, -0.1) is 0 Å². The summed E-state index contributed by atoms with van der Waals surface area (Å²) in [6.07, 6.45) is 3.10. The highest BCUT2D eigenvalue weighted by Crippen LogP contribution is 2.43. The minimum atomic E-state index is 0.311. The standard InChI is InChI=1S/C14H16O2/c15-13-7-12-6-11(13)8-14(12)16-9-10-4-2-1-3-5-10/h1-5,11-12,14H,6-9H2/t11-,12-,14+/m0/s1. The van der Waals surface area contributed by atoms with E-state index in [1.807, 2.05) is 18.2 Å². The van der Waals surface area contributed by atoms with Gasteiger partial charge in [0.1, 0.15) is 5.78 Å². The van der Waals surface area contributed by atoms with E-state index in [0.29, 0.717) is 30.3 Å². The van der Waals surface area contributed by atoms with Gasteiger partial charge in [-0.1, -0.05) is 30.3 Å². The Morgan fingerprint density at radius 2 is 2.00 bits per heavy atom. The molecule has 0 spiro atoms. The Hall–Kier alpha value is -1.15. The third-order valence-electron chi connectivity index (χ3n) is 3.86. The van der Waals surface area contributed by atoms with Crippen LogP contribution in [0.5, 0.6) is 0 Å². The Morgan fingerprint density at radius 1 is 1.19 bits per heavy atom. The van der Waals surface area contributed by atoms with Crippen LogP contribution >= 0.6 is 0 Å². The highest BCUT2D eigenvalue weighted by Gasteiger charge is 2.45. The Balaban J connectivity index is 1.56. The van der Waals surface area contributed by atoms with Crippen LogP contribution in [0.1, 0.15) is 24.8 Å². The van der Waals surface area contributed by atoms with Crippen molar-refractivity contribution in [3.63, 3.8) is 0 Å². The molecule has 0 N–H and O–H groups in total. The van der Waals surface area contributed by atoms with E-state index in [1.54, 1.807) is 0 Å². The lowest BCUT2D eigenvalue weighted by atomic mass is 9.96. The van der Waals surface area contributed by atoms with Crippen molar-refractivity contribution >= 4 is 5.78 Å². The first-order valence-electron chi connectivity index (χ1n) is 6.01. The predicted octanol–water partition coefficient (Wildman–Crippen LogP) is 2.57. The summed E-state index contributed by atoms with van der Waals surface area (Å²) < 4.78 is 5.92. The fourth-order valence-corrected chi connectivity index (χ4v) is 2.97. The van der Waals surface area contributed by atoms with Crippen molar-refractivity contribution in [3.05, 3.63) is 35.9 Å². The lowest BCUT2D eigenvalue weighted by molar-refractivity contribution is -0.124. The summed E-state index contributed by atoms with van der Waals surface area (Å²) >= 11 is 0. The fourth-order valence-electron chi connectivity index (χ4n) is 2.97. The molecule has 0 unspecified atom stereocenters. The molecule has 3 rings (SSSR count). The second-order valence-corrected chi connectivity index (χ2v) is 4.93. The predicted molar refractivity (Wildman–Crippen MR) is 60.9 cm³/mol. The molecule has 1 aromatic rings. The summed E-state index contributed by atoms with van der Waals surface area (Å²) in [5.41, 5.74) is 1.22. The van der Waals surface area contributed by atoms with Crippen molar-refractivity contribution in [2.24, 2.45) is 11.8 Å². The quantitative estimate of drug-likeness (QED) is 0.776. The second kappa shape index (κ2) is 4.02. The van der Waals surface area contributed by atoms with Gasteiger partial charge in [0.15, 0.2) is 0 Å². The van der Waals surface area contributed by atoms with Crippen molar-refractivity contribution in [2.75, 3.05) is 0 Å². The molecule has 0 radical (unpaired) electrons. The van der Waals surface area contributed by atoms with Gasteiger partial charge < -0.3 is 4.74 Å². The molecule has 2 aliphatic carbocycles. The summed E-state index contributed by atoms with van der Waals surface area (Å²) in [6, 6.07) is 10.2. The van der Waals surface area contributed by atoms with E-state index in [2.05, 4.69) is 12.1 Å². The molecule has 2 aliphatic rings. The first-order chi connectivity index (χ1) is 7.83. The van der Waals surface area contributed by atoms with Crippen molar-refractivity contribution in [1.29, 1.82) is 0 Å². The van der Waals surface area contributed by atoms with E-state index >= 15 is 0 Å². The van der Waals surface area contributed by atoms with Crippen LogP contribution in [0.3, 0.4) is 0 Å². The van der Waals surface area contributed by atoms with Crippen LogP contribution in [0.2, 0.25) is 0 Å². The number of fused-ring (bicyclic) bond motifs is 2. The van der Waals surface area contributed by atoms with Gasteiger partial charge in [-0.2, -0.15) is 0 Å². The molecule has 16 heavy (non-hydrogen) atoms. The van der Waals surface area contributed by atoms with Crippen molar-refractivity contribution in [3.8, 4) is 0 Å². The normalized spacial score (nSPS) is 32.2. The second-order valence-electron chi connectivity index (χ2n) is 4.93. The molecular formula is C14H16O2. The van der Waals surface area contributed by atoms with Crippen molar-refractivity contribution < 1.29 is 9.53 Å². The summed E-state index contributed by atoms with van der Waals surface area (Å²) in [5.74, 6) is 1.27. The Labute approximate surface area is 95.6 Å². The number of ether oxygens (including phenoxy) is 1. The minimum Gasteiger partial charge on any atom is -0.373 e. The summed E-state index contributed by atoms with van der Waals surface area (Å²) in [7, 11) is 0. The molecular weight excluding hydrogens is 200 g/mol. The largest absolute Gasteiger partial charge is 0.373 e. The lowest BCUT2D eigenvalue weighted by Crippen LogP contribution is -2.24. The SMILES string of the molecule is O=C1C[C@@H]2C[C@H]1C[C@H]2OCc1ccccc1. The van der Waals surface area contributed by atoms with Crippen LogP contribution in [-0.4, -0.2) is 11.9 Å². The van der Waals surface area contributed by atoms with Gasteiger partial charge in [0.05, 0.1) is 12.7 Å². The molecule has 0 aliphatic heterocycles. The number of Topliss-reactive ketones (excluding diaryl/α,β-unsaturated/α-hetero) is 1. The average Bonchev–Trinajstić information content (AvgIpc) is 2.86. The molecule has 2 bridgehead atoms. The van der Waals surface area contributed by atoms with Gasteiger partial charge >= 0.3 is 0 Å². The van der Waals surface area contributed by atoms with E-state index < -0.39 is 0 Å². The Bertz CT molecular complexity index is 385. The van der Waals surface area contributed by atoms with E-state index in [9.17, 15) is 4.79 Å². The van der Waals surface area contributed by atoms with Crippen LogP contribution in [0, 0.1) is 11.8 Å². The molecule has 2 heteroatoms. The van der Waals surface area contributed by atoms with Gasteiger partial charge in [0.2, 0.25) is 0 Å². The van der Waals surface area contributed by atoms with Crippen LogP contribution in [-0.2, 0) is 16.1 Å². The van der Waals surface area contributed by atoms with Gasteiger partial charge in [-0.3, -0.25) is 4.79 Å². The smallest absolute Gasteiger partial charge is 0.136 e. The van der Waals surface area contributed by atoms with Crippen LogP contribution in [0.15, 0.2) is 30.3 Å². The van der Waals surface area contributed by atoms with Gasteiger partial charge in [-0.25, -0.2) is 0 Å². The number of rotatable bonds is 3. The molecule has 2 nitrogen and oxygen atoms in total. The number of hydrogen-bond donors (Lipinski definition) is 0. The highest BCUT2D eigenvalue weighted by atomic mass is 16.5. The zero-order chi connectivity index (χ0) is 11.0. The number of carbonyl (C=O) groups excluding carboxylic acids is 1. The lowest BCUT2D eigenvalue weighted by Gasteiger charge is -2.21. The van der Waals surface area contributed by atoms with Gasteiger partial charge in [-0.05, 0) is 24.3 Å². The third-order valence-corrected chi connectivity index (χ3v) is 3.86. The number of ketones is 1. The van der Waals surface area contributed by atoms with Crippen molar-refractivity contribution in [2.45, 2.75) is 32.0 Å². The number of hydrogen-bond acceptors (Lipinski definition) is 2. The van der Waals surface area contributed by atoms with Gasteiger partial charge in [0.25, 0.3) is 0 Å². The van der Waals surface area contributed by atoms with E-state index in [-0.39, 0.29) is 0 Å². The first-order valence-corrected chi connectivity index (χ1v) is 6.01. The average molecular weight is 216 g/mol. The highest BCUT2D eigenvalue weighted by molar-refractivity contribution is 5.84. The summed E-state index contributed by atoms with van der Waals surface area (Å²) in [5, 5.41) is 0. The molecule has 0 aromatic heterocycles. The molecule has 0 saturated heterocycles.